The number of nitrogens with two attached hydrogens (primary N) is 2. The number of ether oxygens (including phenoxy) is 2. The molecule has 1 aromatic rings. The molecular weight excluding hydrogens is 420 g/mol. The SMILES string of the molecule is CCC#CC(=N)/C=C\C(N)=NC1CCC(Oc2nc(/N=C\N)cc(N3CCOCC3)n2)CC1. The van der Waals surface area contributed by atoms with Crippen molar-refractivity contribution in [1.29, 1.82) is 5.41 Å². The van der Waals surface area contributed by atoms with Crippen LogP contribution in [0.1, 0.15) is 39.0 Å². The smallest absolute Gasteiger partial charge is 0.320 e. The molecule has 10 nitrogen and oxygen atoms in total. The molecule has 0 radical (unpaired) electrons. The van der Waals surface area contributed by atoms with Crippen LogP contribution in [0.4, 0.5) is 11.6 Å². The van der Waals surface area contributed by atoms with E-state index in [9.17, 15) is 0 Å². The molecule has 0 unspecified atom stereocenters. The summed E-state index contributed by atoms with van der Waals surface area (Å²) in [5, 5.41) is 7.74. The number of amidine groups is 1. The Hall–Kier alpha value is -3.45. The van der Waals surface area contributed by atoms with Gasteiger partial charge < -0.3 is 25.8 Å². The third-order valence-corrected chi connectivity index (χ3v) is 5.29. The highest BCUT2D eigenvalue weighted by Crippen LogP contribution is 2.27. The van der Waals surface area contributed by atoms with Crippen LogP contribution in [0.2, 0.25) is 0 Å². The Morgan fingerprint density at radius 2 is 2.03 bits per heavy atom. The molecule has 1 aliphatic heterocycles. The number of nitrogens with zero attached hydrogens (tertiary/aromatic N) is 5. The Labute approximate surface area is 194 Å². The summed E-state index contributed by atoms with van der Waals surface area (Å²) in [6.07, 6.45) is 8.50. The zero-order chi connectivity index (χ0) is 23.5. The molecule has 0 spiro atoms. The van der Waals surface area contributed by atoms with E-state index in [1.54, 1.807) is 18.2 Å². The van der Waals surface area contributed by atoms with Crippen LogP contribution in [-0.4, -0.2) is 66.3 Å². The van der Waals surface area contributed by atoms with E-state index in [0.717, 1.165) is 51.0 Å². The number of rotatable bonds is 7. The normalized spacial score (nSPS) is 21.7. The van der Waals surface area contributed by atoms with Crippen LogP contribution in [0.3, 0.4) is 0 Å². The van der Waals surface area contributed by atoms with Gasteiger partial charge in [-0.2, -0.15) is 9.97 Å². The summed E-state index contributed by atoms with van der Waals surface area (Å²) in [6, 6.07) is 2.24. The minimum Gasteiger partial charge on any atom is -0.460 e. The summed E-state index contributed by atoms with van der Waals surface area (Å²) < 4.78 is 11.5. The fourth-order valence-electron chi connectivity index (χ4n) is 3.64. The molecule has 0 atom stereocenters. The van der Waals surface area contributed by atoms with Gasteiger partial charge in [-0.3, -0.25) is 10.4 Å². The Morgan fingerprint density at radius 1 is 1.27 bits per heavy atom. The van der Waals surface area contributed by atoms with Crippen molar-refractivity contribution in [3.05, 3.63) is 18.2 Å². The molecule has 0 amide bonds. The number of allylic oxidation sites excluding steroid dienone is 1. The molecule has 2 heterocycles. The lowest BCUT2D eigenvalue weighted by Gasteiger charge is -2.29. The number of anilines is 1. The molecule has 1 saturated carbocycles. The van der Waals surface area contributed by atoms with Gasteiger partial charge in [0.15, 0.2) is 5.82 Å². The summed E-state index contributed by atoms with van der Waals surface area (Å²) >= 11 is 0. The molecule has 0 aromatic carbocycles. The third-order valence-electron chi connectivity index (χ3n) is 5.29. The van der Waals surface area contributed by atoms with Crippen LogP contribution in [-0.2, 0) is 4.74 Å². The first-order chi connectivity index (χ1) is 16.1. The Morgan fingerprint density at radius 3 is 2.73 bits per heavy atom. The van der Waals surface area contributed by atoms with Gasteiger partial charge in [0.2, 0.25) is 0 Å². The van der Waals surface area contributed by atoms with Gasteiger partial charge in [-0.25, -0.2) is 4.99 Å². The minimum atomic E-state index is 0.000331. The topological polar surface area (TPSA) is 148 Å². The van der Waals surface area contributed by atoms with Gasteiger partial charge in [0.05, 0.1) is 25.6 Å². The second-order valence-electron chi connectivity index (χ2n) is 7.75. The third kappa shape index (κ3) is 7.88. The number of hydrogen-bond acceptors (Lipinski definition) is 8. The fourth-order valence-corrected chi connectivity index (χ4v) is 3.64. The van der Waals surface area contributed by atoms with Crippen LogP contribution < -0.4 is 21.1 Å². The largest absolute Gasteiger partial charge is 0.460 e. The standard InChI is InChI=1S/C23H32N8O2/c1-2-3-4-17(25)5-10-20(26)28-18-6-8-19(9-7-18)33-23-29-21(27-16-24)15-22(30-23)31-11-13-32-14-12-31/h5,10,15-16,18-19,25H,2,6-9,11-14H2,1H3,(H2,26,28)(H2,24,27,29,30)/b10-5-,25-17?. The van der Waals surface area contributed by atoms with E-state index in [1.165, 1.54) is 6.34 Å². The molecule has 1 saturated heterocycles. The van der Waals surface area contributed by atoms with Crippen molar-refractivity contribution in [1.82, 2.24) is 9.97 Å². The number of aliphatic imine (C=N–C) groups is 2. The maximum atomic E-state index is 7.74. The summed E-state index contributed by atoms with van der Waals surface area (Å²) in [4.78, 5) is 19.8. The molecule has 3 rings (SSSR count). The molecule has 5 N–H and O–H groups in total. The van der Waals surface area contributed by atoms with E-state index >= 15 is 0 Å². The number of nitrogens with one attached hydrogen (secondary N) is 1. The van der Waals surface area contributed by atoms with Crippen molar-refractivity contribution in [2.45, 2.75) is 51.2 Å². The number of morpholine rings is 1. The highest BCUT2D eigenvalue weighted by atomic mass is 16.5. The molecular formula is C23H32N8O2. The van der Waals surface area contributed by atoms with E-state index < -0.39 is 0 Å². The Bertz CT molecular complexity index is 949. The molecule has 1 aliphatic carbocycles. The van der Waals surface area contributed by atoms with Crippen LogP contribution in [0.5, 0.6) is 6.01 Å². The first-order valence-electron chi connectivity index (χ1n) is 11.3. The van der Waals surface area contributed by atoms with E-state index in [-0.39, 0.29) is 17.9 Å². The van der Waals surface area contributed by atoms with E-state index in [4.69, 9.17) is 26.4 Å². The lowest BCUT2D eigenvalue weighted by Crippen LogP contribution is -2.37. The molecule has 10 heteroatoms. The number of aromatic nitrogens is 2. The maximum absolute atomic E-state index is 7.74. The molecule has 33 heavy (non-hydrogen) atoms. The first kappa shape index (κ1) is 24.2. The lowest BCUT2D eigenvalue weighted by atomic mass is 9.93. The average Bonchev–Trinajstić information content (AvgIpc) is 2.83. The average molecular weight is 453 g/mol. The monoisotopic (exact) mass is 452 g/mol. The van der Waals surface area contributed by atoms with Crippen molar-refractivity contribution in [3.63, 3.8) is 0 Å². The quantitative estimate of drug-likeness (QED) is 0.325. The van der Waals surface area contributed by atoms with Crippen LogP contribution >= 0.6 is 0 Å². The van der Waals surface area contributed by atoms with Crippen molar-refractivity contribution in [2.24, 2.45) is 21.5 Å². The maximum Gasteiger partial charge on any atom is 0.320 e. The highest BCUT2D eigenvalue weighted by Gasteiger charge is 2.24. The van der Waals surface area contributed by atoms with Crippen LogP contribution in [0.25, 0.3) is 0 Å². The van der Waals surface area contributed by atoms with Gasteiger partial charge in [0.25, 0.3) is 0 Å². The Kier molecular flexibility index (Phi) is 9.20. The first-order valence-corrected chi connectivity index (χ1v) is 11.3. The molecule has 2 aliphatic rings. The van der Waals surface area contributed by atoms with Gasteiger partial charge in [0.1, 0.15) is 23.5 Å². The molecule has 0 bridgehead atoms. The van der Waals surface area contributed by atoms with E-state index in [0.29, 0.717) is 30.9 Å². The van der Waals surface area contributed by atoms with Crippen LogP contribution in [0.15, 0.2) is 28.2 Å². The zero-order valence-corrected chi connectivity index (χ0v) is 19.0. The predicted octanol–water partition coefficient (Wildman–Crippen LogP) is 1.97. The van der Waals surface area contributed by atoms with Crippen LogP contribution in [0, 0.1) is 17.3 Å². The zero-order valence-electron chi connectivity index (χ0n) is 19.0. The second-order valence-corrected chi connectivity index (χ2v) is 7.75. The minimum absolute atomic E-state index is 0.000331. The van der Waals surface area contributed by atoms with Crippen molar-refractivity contribution in [2.75, 3.05) is 31.2 Å². The fraction of sp³-hybridized carbons (Fsp3) is 0.522. The lowest BCUT2D eigenvalue weighted by molar-refractivity contribution is 0.121. The van der Waals surface area contributed by atoms with Crippen molar-refractivity contribution >= 4 is 29.5 Å². The van der Waals surface area contributed by atoms with E-state index in [1.807, 2.05) is 6.92 Å². The summed E-state index contributed by atoms with van der Waals surface area (Å²) in [5.74, 6) is 7.24. The molecule has 176 valence electrons. The highest BCUT2D eigenvalue weighted by molar-refractivity contribution is 6.09. The Balaban J connectivity index is 1.57. The summed E-state index contributed by atoms with van der Waals surface area (Å²) in [6.45, 7) is 4.77. The van der Waals surface area contributed by atoms with Gasteiger partial charge in [-0.1, -0.05) is 12.8 Å². The molecule has 2 fully saturated rings. The van der Waals surface area contributed by atoms with Crippen molar-refractivity contribution in [3.8, 4) is 17.9 Å². The van der Waals surface area contributed by atoms with Crippen molar-refractivity contribution < 1.29 is 9.47 Å². The second kappa shape index (κ2) is 12.6. The predicted molar refractivity (Wildman–Crippen MR) is 131 cm³/mol. The van der Waals surface area contributed by atoms with Gasteiger partial charge in [-0.15, -0.1) is 0 Å². The number of hydrogen-bond donors (Lipinski definition) is 3. The van der Waals surface area contributed by atoms with Gasteiger partial charge >= 0.3 is 6.01 Å². The summed E-state index contributed by atoms with van der Waals surface area (Å²) in [7, 11) is 0. The summed E-state index contributed by atoms with van der Waals surface area (Å²) in [5.41, 5.74) is 11.7. The van der Waals surface area contributed by atoms with E-state index in [2.05, 4.69) is 36.7 Å². The van der Waals surface area contributed by atoms with Gasteiger partial charge in [0, 0.05) is 25.6 Å². The molecule has 1 aromatic heterocycles. The van der Waals surface area contributed by atoms with Gasteiger partial charge in [-0.05, 0) is 43.8 Å².